The van der Waals surface area contributed by atoms with E-state index < -0.39 is 0 Å². The highest BCUT2D eigenvalue weighted by molar-refractivity contribution is 5.58. The lowest BCUT2D eigenvalue weighted by Crippen LogP contribution is -2.34. The monoisotopic (exact) mass is 266 g/mol. The summed E-state index contributed by atoms with van der Waals surface area (Å²) in [6.45, 7) is 11.8. The Kier molecular flexibility index (Phi) is 5.54. The average Bonchev–Trinajstić information content (AvgIpc) is 2.35. The minimum absolute atomic E-state index is 0.215. The van der Waals surface area contributed by atoms with E-state index in [1.54, 1.807) is 6.33 Å². The molecule has 1 aromatic heterocycles. The largest absolute Gasteiger partial charge is 0.374 e. The lowest BCUT2D eigenvalue weighted by molar-refractivity contribution is 0.000627. The SMILES string of the molecule is CCOC(C)(C)CNc1ncnc(NC)c1C(C)C. The summed E-state index contributed by atoms with van der Waals surface area (Å²) in [6.07, 6.45) is 1.58. The normalized spacial score (nSPS) is 11.7. The van der Waals surface area contributed by atoms with E-state index in [4.69, 9.17) is 4.74 Å². The molecule has 0 bridgehead atoms. The topological polar surface area (TPSA) is 59.1 Å². The fourth-order valence-corrected chi connectivity index (χ4v) is 2.02. The second-order valence-corrected chi connectivity index (χ2v) is 5.44. The van der Waals surface area contributed by atoms with Crippen LogP contribution in [0.1, 0.15) is 46.1 Å². The molecular weight excluding hydrogens is 240 g/mol. The van der Waals surface area contributed by atoms with Crippen LogP contribution < -0.4 is 10.6 Å². The van der Waals surface area contributed by atoms with Gasteiger partial charge in [-0.15, -0.1) is 0 Å². The Bertz CT molecular complexity index is 404. The van der Waals surface area contributed by atoms with Gasteiger partial charge in [-0.3, -0.25) is 0 Å². The van der Waals surface area contributed by atoms with E-state index in [0.29, 0.717) is 19.1 Å². The Morgan fingerprint density at radius 3 is 2.42 bits per heavy atom. The molecule has 1 rings (SSSR count). The summed E-state index contributed by atoms with van der Waals surface area (Å²) in [6, 6.07) is 0. The van der Waals surface area contributed by atoms with Crippen molar-refractivity contribution in [1.29, 1.82) is 0 Å². The Balaban J connectivity index is 2.89. The van der Waals surface area contributed by atoms with Crippen molar-refractivity contribution in [1.82, 2.24) is 9.97 Å². The molecule has 1 heterocycles. The molecule has 0 aromatic carbocycles. The Morgan fingerprint density at radius 1 is 1.26 bits per heavy atom. The standard InChI is InChI=1S/C14H26N4O/c1-7-19-14(4,5)8-16-13-11(10(2)3)12(15-6)17-9-18-13/h9-10H,7-8H2,1-6H3,(H2,15,16,17,18). The first-order valence-corrected chi connectivity index (χ1v) is 6.81. The number of nitrogens with one attached hydrogen (secondary N) is 2. The van der Waals surface area contributed by atoms with Gasteiger partial charge in [-0.05, 0) is 26.7 Å². The van der Waals surface area contributed by atoms with Crippen LogP contribution in [-0.4, -0.2) is 35.8 Å². The predicted octanol–water partition coefficient (Wildman–Crippen LogP) is 2.87. The van der Waals surface area contributed by atoms with Gasteiger partial charge < -0.3 is 15.4 Å². The average molecular weight is 266 g/mol. The number of hydrogen-bond acceptors (Lipinski definition) is 5. The van der Waals surface area contributed by atoms with Crippen LogP contribution in [0.3, 0.4) is 0 Å². The molecule has 0 atom stereocenters. The van der Waals surface area contributed by atoms with Gasteiger partial charge >= 0.3 is 0 Å². The third-order valence-electron chi connectivity index (χ3n) is 2.91. The van der Waals surface area contributed by atoms with Crippen molar-refractivity contribution in [3.63, 3.8) is 0 Å². The number of ether oxygens (including phenoxy) is 1. The van der Waals surface area contributed by atoms with Crippen molar-refractivity contribution in [3.8, 4) is 0 Å². The zero-order valence-electron chi connectivity index (χ0n) is 12.9. The molecule has 1 aromatic rings. The van der Waals surface area contributed by atoms with Crippen LogP contribution in [-0.2, 0) is 4.74 Å². The van der Waals surface area contributed by atoms with E-state index in [9.17, 15) is 0 Å². The molecule has 2 N–H and O–H groups in total. The lowest BCUT2D eigenvalue weighted by atomic mass is 10.0. The highest BCUT2D eigenvalue weighted by Gasteiger charge is 2.20. The molecule has 0 aliphatic rings. The van der Waals surface area contributed by atoms with Gasteiger partial charge in [-0.1, -0.05) is 13.8 Å². The van der Waals surface area contributed by atoms with Crippen molar-refractivity contribution in [2.24, 2.45) is 0 Å². The molecule has 0 unspecified atom stereocenters. The van der Waals surface area contributed by atoms with Crippen LogP contribution in [0.15, 0.2) is 6.33 Å². The molecule has 0 fully saturated rings. The number of anilines is 2. The van der Waals surface area contributed by atoms with E-state index in [1.807, 2.05) is 14.0 Å². The molecule has 5 nitrogen and oxygen atoms in total. The van der Waals surface area contributed by atoms with Gasteiger partial charge in [0.05, 0.1) is 5.60 Å². The predicted molar refractivity (Wildman–Crippen MR) is 79.9 cm³/mol. The van der Waals surface area contributed by atoms with Crippen LogP contribution in [0.2, 0.25) is 0 Å². The first-order valence-electron chi connectivity index (χ1n) is 6.81. The van der Waals surface area contributed by atoms with Gasteiger partial charge in [0.25, 0.3) is 0 Å². The summed E-state index contributed by atoms with van der Waals surface area (Å²) >= 11 is 0. The van der Waals surface area contributed by atoms with Crippen molar-refractivity contribution in [2.75, 3.05) is 30.8 Å². The summed E-state index contributed by atoms with van der Waals surface area (Å²) in [5.41, 5.74) is 0.894. The quantitative estimate of drug-likeness (QED) is 0.794. The molecule has 19 heavy (non-hydrogen) atoms. The molecule has 0 aliphatic carbocycles. The molecule has 0 saturated heterocycles. The zero-order valence-corrected chi connectivity index (χ0v) is 12.9. The smallest absolute Gasteiger partial charge is 0.135 e. The molecule has 108 valence electrons. The summed E-state index contributed by atoms with van der Waals surface area (Å²) in [4.78, 5) is 8.62. The van der Waals surface area contributed by atoms with Gasteiger partial charge in [0.15, 0.2) is 0 Å². The molecule has 0 spiro atoms. The Hall–Kier alpha value is -1.36. The third kappa shape index (κ3) is 4.35. The van der Waals surface area contributed by atoms with Gasteiger partial charge in [0, 0.05) is 25.8 Å². The lowest BCUT2D eigenvalue weighted by Gasteiger charge is -2.26. The molecule has 0 radical (unpaired) electrons. The van der Waals surface area contributed by atoms with E-state index in [-0.39, 0.29) is 5.60 Å². The van der Waals surface area contributed by atoms with Crippen molar-refractivity contribution in [3.05, 3.63) is 11.9 Å². The van der Waals surface area contributed by atoms with Crippen LogP contribution in [0.5, 0.6) is 0 Å². The first-order chi connectivity index (χ1) is 8.91. The zero-order chi connectivity index (χ0) is 14.5. The highest BCUT2D eigenvalue weighted by Crippen LogP contribution is 2.28. The highest BCUT2D eigenvalue weighted by atomic mass is 16.5. The maximum atomic E-state index is 5.69. The number of rotatable bonds is 7. The van der Waals surface area contributed by atoms with E-state index in [2.05, 4.69) is 48.3 Å². The van der Waals surface area contributed by atoms with E-state index >= 15 is 0 Å². The number of nitrogens with zero attached hydrogens (tertiary/aromatic N) is 2. The summed E-state index contributed by atoms with van der Waals surface area (Å²) in [7, 11) is 1.88. The first kappa shape index (κ1) is 15.7. The van der Waals surface area contributed by atoms with Crippen LogP contribution in [0.4, 0.5) is 11.6 Å². The maximum absolute atomic E-state index is 5.69. The Labute approximate surface area is 116 Å². The minimum atomic E-state index is -0.215. The van der Waals surface area contributed by atoms with Crippen LogP contribution in [0.25, 0.3) is 0 Å². The molecule has 0 saturated carbocycles. The van der Waals surface area contributed by atoms with E-state index in [1.165, 1.54) is 0 Å². The molecule has 0 amide bonds. The molecule has 5 heteroatoms. The van der Waals surface area contributed by atoms with Crippen LogP contribution in [0, 0.1) is 0 Å². The second-order valence-electron chi connectivity index (χ2n) is 5.44. The fraction of sp³-hybridized carbons (Fsp3) is 0.714. The number of aromatic nitrogens is 2. The van der Waals surface area contributed by atoms with Crippen molar-refractivity contribution < 1.29 is 4.74 Å². The summed E-state index contributed by atoms with van der Waals surface area (Å²) < 4.78 is 5.69. The van der Waals surface area contributed by atoms with E-state index in [0.717, 1.165) is 17.2 Å². The minimum Gasteiger partial charge on any atom is -0.374 e. The van der Waals surface area contributed by atoms with Gasteiger partial charge in [-0.2, -0.15) is 0 Å². The third-order valence-corrected chi connectivity index (χ3v) is 2.91. The van der Waals surface area contributed by atoms with Crippen LogP contribution >= 0.6 is 0 Å². The van der Waals surface area contributed by atoms with Crippen molar-refractivity contribution >= 4 is 11.6 Å². The number of hydrogen-bond donors (Lipinski definition) is 2. The van der Waals surface area contributed by atoms with Crippen molar-refractivity contribution in [2.45, 2.75) is 46.1 Å². The van der Waals surface area contributed by atoms with Gasteiger partial charge in [0.1, 0.15) is 18.0 Å². The maximum Gasteiger partial charge on any atom is 0.135 e. The summed E-state index contributed by atoms with van der Waals surface area (Å²) in [5, 5.41) is 6.50. The molecule has 0 aliphatic heterocycles. The summed E-state index contributed by atoms with van der Waals surface area (Å²) in [5.74, 6) is 2.10. The van der Waals surface area contributed by atoms with Gasteiger partial charge in [-0.25, -0.2) is 9.97 Å². The second kappa shape index (κ2) is 6.70. The van der Waals surface area contributed by atoms with Gasteiger partial charge in [0.2, 0.25) is 0 Å². The molecular formula is C14H26N4O. The fourth-order valence-electron chi connectivity index (χ4n) is 2.02. The Morgan fingerprint density at radius 2 is 1.89 bits per heavy atom.